The fourth-order valence-corrected chi connectivity index (χ4v) is 3.50. The van der Waals surface area contributed by atoms with E-state index in [-0.39, 0.29) is 17.6 Å². The van der Waals surface area contributed by atoms with Crippen LogP contribution in [0.4, 0.5) is 4.79 Å². The zero-order valence-electron chi connectivity index (χ0n) is 19.3. The van der Waals surface area contributed by atoms with Gasteiger partial charge in [0.25, 0.3) is 0 Å². The van der Waals surface area contributed by atoms with Gasteiger partial charge in [-0.1, -0.05) is 25.9 Å². The molecule has 1 aliphatic heterocycles. The van der Waals surface area contributed by atoms with Crippen molar-refractivity contribution in [3.63, 3.8) is 0 Å². The summed E-state index contributed by atoms with van der Waals surface area (Å²) >= 11 is 0. The number of nitrogens with zero attached hydrogens (tertiary/aromatic N) is 4. The van der Waals surface area contributed by atoms with Gasteiger partial charge in [0, 0.05) is 36.2 Å². The quantitative estimate of drug-likeness (QED) is 0.697. The van der Waals surface area contributed by atoms with E-state index in [9.17, 15) is 4.79 Å². The highest BCUT2D eigenvalue weighted by Gasteiger charge is 2.33. The second-order valence-electron chi connectivity index (χ2n) is 10.5. The van der Waals surface area contributed by atoms with Gasteiger partial charge in [-0.15, -0.1) is 0 Å². The predicted molar refractivity (Wildman–Crippen MR) is 115 cm³/mol. The van der Waals surface area contributed by atoms with E-state index in [1.807, 2.05) is 53.8 Å². The molecule has 1 atom stereocenters. The molecular formula is C23H32N4O4. The molecular weight excluding hydrogens is 396 g/mol. The Hall–Kier alpha value is -2.64. The zero-order valence-corrected chi connectivity index (χ0v) is 19.3. The van der Waals surface area contributed by atoms with Crippen molar-refractivity contribution in [3.05, 3.63) is 23.7 Å². The van der Waals surface area contributed by atoms with Gasteiger partial charge in [0.1, 0.15) is 23.1 Å². The molecule has 0 radical (unpaired) electrons. The van der Waals surface area contributed by atoms with Crippen molar-refractivity contribution in [1.82, 2.24) is 20.0 Å². The van der Waals surface area contributed by atoms with Crippen molar-refractivity contribution in [2.45, 2.75) is 83.8 Å². The van der Waals surface area contributed by atoms with Crippen LogP contribution in [0.3, 0.4) is 0 Å². The SMILES string of the molecule is CC(C)(C)OC(=O)N1CC[C@@H](Oc2cc(-c3noc(C(C)(C)C)n3)ncc2C2CC2)C1. The monoisotopic (exact) mass is 428 g/mol. The first-order valence-corrected chi connectivity index (χ1v) is 11.0. The minimum atomic E-state index is -0.508. The number of amides is 1. The Kier molecular flexibility index (Phi) is 5.43. The van der Waals surface area contributed by atoms with Crippen LogP contribution in [0.2, 0.25) is 0 Å². The summed E-state index contributed by atoms with van der Waals surface area (Å²) in [5.74, 6) is 2.31. The first-order chi connectivity index (χ1) is 14.5. The Morgan fingerprint density at radius 2 is 1.90 bits per heavy atom. The number of rotatable bonds is 4. The molecule has 1 amide bonds. The molecule has 1 aliphatic carbocycles. The summed E-state index contributed by atoms with van der Waals surface area (Å²) in [4.78, 5) is 23.2. The Morgan fingerprint density at radius 3 is 2.52 bits per heavy atom. The number of likely N-dealkylation sites (tertiary alicyclic amines) is 1. The van der Waals surface area contributed by atoms with E-state index in [0.29, 0.717) is 36.4 Å². The molecule has 2 fully saturated rings. The van der Waals surface area contributed by atoms with Crippen molar-refractivity contribution in [2.75, 3.05) is 13.1 Å². The predicted octanol–water partition coefficient (Wildman–Crippen LogP) is 4.69. The van der Waals surface area contributed by atoms with Crippen molar-refractivity contribution >= 4 is 6.09 Å². The molecule has 31 heavy (non-hydrogen) atoms. The van der Waals surface area contributed by atoms with Crippen molar-refractivity contribution in [2.24, 2.45) is 0 Å². The molecule has 4 rings (SSSR count). The maximum absolute atomic E-state index is 12.4. The number of hydrogen-bond acceptors (Lipinski definition) is 7. The number of carbonyl (C=O) groups is 1. The Bertz CT molecular complexity index is 953. The molecule has 3 heterocycles. The highest BCUT2D eigenvalue weighted by molar-refractivity contribution is 5.68. The fourth-order valence-electron chi connectivity index (χ4n) is 3.50. The lowest BCUT2D eigenvalue weighted by Gasteiger charge is -2.24. The highest BCUT2D eigenvalue weighted by Crippen LogP contribution is 2.45. The molecule has 0 unspecified atom stereocenters. The number of hydrogen-bond donors (Lipinski definition) is 0. The van der Waals surface area contributed by atoms with Crippen LogP contribution >= 0.6 is 0 Å². The van der Waals surface area contributed by atoms with E-state index in [2.05, 4.69) is 15.1 Å². The van der Waals surface area contributed by atoms with Gasteiger partial charge < -0.3 is 18.9 Å². The minimum absolute atomic E-state index is 0.0873. The van der Waals surface area contributed by atoms with Gasteiger partial charge in [-0.25, -0.2) is 4.79 Å². The first-order valence-electron chi connectivity index (χ1n) is 11.0. The average Bonchev–Trinajstić information content (AvgIpc) is 3.17. The van der Waals surface area contributed by atoms with Crippen molar-refractivity contribution < 1.29 is 18.8 Å². The third-order valence-corrected chi connectivity index (χ3v) is 5.30. The lowest BCUT2D eigenvalue weighted by Crippen LogP contribution is -2.36. The standard InChI is InChI=1S/C23H32N4O4/c1-22(2,3)20-25-19(26-31-20)17-11-18(16(12-24-17)14-7-8-14)29-15-9-10-27(13-15)21(28)30-23(4,5)6/h11-12,14-15H,7-10,13H2,1-6H3/t15-/m1/s1. The second-order valence-corrected chi connectivity index (χ2v) is 10.5. The van der Waals surface area contributed by atoms with Gasteiger partial charge in [-0.3, -0.25) is 4.98 Å². The fraction of sp³-hybridized carbons (Fsp3) is 0.652. The number of aromatic nitrogens is 3. The third-order valence-electron chi connectivity index (χ3n) is 5.30. The summed E-state index contributed by atoms with van der Waals surface area (Å²) in [6.07, 6.45) is 4.53. The summed E-state index contributed by atoms with van der Waals surface area (Å²) < 4.78 is 17.3. The van der Waals surface area contributed by atoms with E-state index in [4.69, 9.17) is 14.0 Å². The molecule has 168 valence electrons. The van der Waals surface area contributed by atoms with E-state index < -0.39 is 5.60 Å². The summed E-state index contributed by atoms with van der Waals surface area (Å²) in [6, 6.07) is 1.90. The van der Waals surface area contributed by atoms with Gasteiger partial charge in [0.2, 0.25) is 11.7 Å². The topological polar surface area (TPSA) is 90.6 Å². The van der Waals surface area contributed by atoms with Gasteiger partial charge >= 0.3 is 6.09 Å². The van der Waals surface area contributed by atoms with Crippen LogP contribution in [-0.4, -0.2) is 50.9 Å². The van der Waals surface area contributed by atoms with Crippen LogP contribution in [0, 0.1) is 0 Å². The minimum Gasteiger partial charge on any atom is -0.488 e. The van der Waals surface area contributed by atoms with Gasteiger partial charge in [-0.2, -0.15) is 4.98 Å². The average molecular weight is 429 g/mol. The molecule has 2 aromatic heterocycles. The van der Waals surface area contributed by atoms with E-state index in [1.165, 1.54) is 0 Å². The number of pyridine rings is 1. The maximum Gasteiger partial charge on any atom is 0.410 e. The molecule has 2 aliphatic rings. The van der Waals surface area contributed by atoms with Gasteiger partial charge in [0.05, 0.1) is 6.54 Å². The molecule has 8 nitrogen and oxygen atoms in total. The van der Waals surface area contributed by atoms with E-state index >= 15 is 0 Å². The molecule has 2 aromatic rings. The summed E-state index contributed by atoms with van der Waals surface area (Å²) in [7, 11) is 0. The van der Waals surface area contributed by atoms with Gasteiger partial charge in [0.15, 0.2) is 0 Å². The van der Waals surface area contributed by atoms with Crippen LogP contribution in [0.5, 0.6) is 5.75 Å². The van der Waals surface area contributed by atoms with Crippen molar-refractivity contribution in [1.29, 1.82) is 0 Å². The van der Waals surface area contributed by atoms with Gasteiger partial charge in [-0.05, 0) is 39.5 Å². The normalized spacial score (nSPS) is 19.5. The summed E-state index contributed by atoms with van der Waals surface area (Å²) in [5.41, 5.74) is 0.999. The Labute approximate surface area is 183 Å². The van der Waals surface area contributed by atoms with E-state index in [1.54, 1.807) is 4.90 Å². The first kappa shape index (κ1) is 21.6. The Morgan fingerprint density at radius 1 is 1.16 bits per heavy atom. The summed E-state index contributed by atoms with van der Waals surface area (Å²) in [5, 5.41) is 4.11. The lowest BCUT2D eigenvalue weighted by molar-refractivity contribution is 0.0275. The van der Waals surface area contributed by atoms with Crippen LogP contribution in [0.1, 0.15) is 78.2 Å². The number of carbonyl (C=O) groups excluding carboxylic acids is 1. The molecule has 0 bridgehead atoms. The zero-order chi connectivity index (χ0) is 22.4. The van der Waals surface area contributed by atoms with Crippen molar-refractivity contribution in [3.8, 4) is 17.3 Å². The van der Waals surface area contributed by atoms with Crippen LogP contribution < -0.4 is 4.74 Å². The molecule has 0 spiro atoms. The highest BCUT2D eigenvalue weighted by atomic mass is 16.6. The largest absolute Gasteiger partial charge is 0.488 e. The van der Waals surface area contributed by atoms with E-state index in [0.717, 1.165) is 30.6 Å². The van der Waals surface area contributed by atoms with Crippen LogP contribution in [0.15, 0.2) is 16.8 Å². The molecule has 0 N–H and O–H groups in total. The summed E-state index contributed by atoms with van der Waals surface area (Å²) in [6.45, 7) is 12.8. The number of ether oxygens (including phenoxy) is 2. The van der Waals surface area contributed by atoms with Crippen LogP contribution in [-0.2, 0) is 10.2 Å². The second kappa shape index (κ2) is 7.80. The molecule has 1 saturated heterocycles. The maximum atomic E-state index is 12.4. The molecule has 8 heteroatoms. The lowest BCUT2D eigenvalue weighted by atomic mass is 9.97. The Balaban J connectivity index is 1.51. The smallest absolute Gasteiger partial charge is 0.410 e. The molecule has 1 saturated carbocycles. The third kappa shape index (κ3) is 5.17. The molecule has 0 aromatic carbocycles. The van der Waals surface area contributed by atoms with Crippen LogP contribution in [0.25, 0.3) is 11.5 Å².